The van der Waals surface area contributed by atoms with Crippen LogP contribution in [0.15, 0.2) is 54.6 Å². The van der Waals surface area contributed by atoms with E-state index in [4.69, 9.17) is 9.84 Å². The molecule has 0 aliphatic heterocycles. The Kier molecular flexibility index (Phi) is 7.10. The standard InChI is InChI=1S/C22H25N3O4/c26-21(27)10-7-18-13-17-14-19(8-9-20(17)25-18)29-12-4-11-23-22(28)24-15-16-5-2-1-3-6-16/h1-3,5-6,8-9,13-14,25H,4,7,10-12,15H2,(H,26,27)(H2,23,24,28). The van der Waals surface area contributed by atoms with Gasteiger partial charge in [-0.3, -0.25) is 4.79 Å². The summed E-state index contributed by atoms with van der Waals surface area (Å²) in [6, 6.07) is 17.2. The highest BCUT2D eigenvalue weighted by molar-refractivity contribution is 5.82. The Labute approximate surface area is 169 Å². The fourth-order valence-electron chi connectivity index (χ4n) is 2.94. The number of H-pyrrole nitrogens is 1. The van der Waals surface area contributed by atoms with E-state index in [-0.39, 0.29) is 12.5 Å². The number of aromatic amines is 1. The molecule has 0 bridgehead atoms. The van der Waals surface area contributed by atoms with Crippen LogP contribution in [0.4, 0.5) is 4.79 Å². The van der Waals surface area contributed by atoms with E-state index in [9.17, 15) is 9.59 Å². The molecule has 7 nitrogen and oxygen atoms in total. The van der Waals surface area contributed by atoms with Crippen LogP contribution in [0.3, 0.4) is 0 Å². The molecule has 0 fully saturated rings. The van der Waals surface area contributed by atoms with Crippen molar-refractivity contribution >= 4 is 22.9 Å². The number of aliphatic carboxylic acids is 1. The van der Waals surface area contributed by atoms with E-state index in [1.165, 1.54) is 0 Å². The average molecular weight is 395 g/mol. The normalized spacial score (nSPS) is 10.6. The summed E-state index contributed by atoms with van der Waals surface area (Å²) in [4.78, 5) is 25.7. The fraction of sp³-hybridized carbons (Fsp3) is 0.273. The maximum Gasteiger partial charge on any atom is 0.315 e. The van der Waals surface area contributed by atoms with Gasteiger partial charge in [-0.25, -0.2) is 4.79 Å². The van der Waals surface area contributed by atoms with Crippen LogP contribution < -0.4 is 15.4 Å². The highest BCUT2D eigenvalue weighted by Crippen LogP contribution is 2.22. The first-order valence-electron chi connectivity index (χ1n) is 9.62. The summed E-state index contributed by atoms with van der Waals surface area (Å²) in [5.41, 5.74) is 2.90. The highest BCUT2D eigenvalue weighted by atomic mass is 16.5. The van der Waals surface area contributed by atoms with E-state index in [0.29, 0.717) is 32.5 Å². The van der Waals surface area contributed by atoms with Crippen LogP contribution in [0.2, 0.25) is 0 Å². The molecule has 2 aromatic carbocycles. The average Bonchev–Trinajstić information content (AvgIpc) is 3.13. The minimum Gasteiger partial charge on any atom is -0.494 e. The molecule has 0 radical (unpaired) electrons. The number of rotatable bonds is 10. The number of carboxylic acids is 1. The zero-order valence-corrected chi connectivity index (χ0v) is 16.1. The first-order valence-corrected chi connectivity index (χ1v) is 9.62. The van der Waals surface area contributed by atoms with E-state index >= 15 is 0 Å². The number of ether oxygens (including phenoxy) is 1. The number of nitrogens with one attached hydrogen (secondary N) is 3. The Morgan fingerprint density at radius 1 is 1.03 bits per heavy atom. The second-order valence-corrected chi connectivity index (χ2v) is 6.73. The zero-order chi connectivity index (χ0) is 20.5. The van der Waals surface area contributed by atoms with Gasteiger partial charge in [-0.1, -0.05) is 30.3 Å². The summed E-state index contributed by atoms with van der Waals surface area (Å²) >= 11 is 0. The summed E-state index contributed by atoms with van der Waals surface area (Å²) in [5.74, 6) is -0.0650. The van der Waals surface area contributed by atoms with Gasteiger partial charge in [0.1, 0.15) is 5.75 Å². The molecule has 0 aliphatic carbocycles. The number of urea groups is 1. The molecule has 1 aromatic heterocycles. The Bertz CT molecular complexity index is 953. The van der Waals surface area contributed by atoms with Crippen molar-refractivity contribution in [3.05, 3.63) is 65.9 Å². The zero-order valence-electron chi connectivity index (χ0n) is 16.1. The maximum absolute atomic E-state index is 11.8. The van der Waals surface area contributed by atoms with Gasteiger partial charge in [0.15, 0.2) is 0 Å². The summed E-state index contributed by atoms with van der Waals surface area (Å²) in [6.07, 6.45) is 1.26. The Morgan fingerprint density at radius 2 is 1.86 bits per heavy atom. The Hall–Kier alpha value is -3.48. The smallest absolute Gasteiger partial charge is 0.315 e. The number of hydrogen-bond donors (Lipinski definition) is 4. The first kappa shape index (κ1) is 20.3. The number of hydrogen-bond acceptors (Lipinski definition) is 3. The summed E-state index contributed by atoms with van der Waals surface area (Å²) in [6.45, 7) is 1.50. The molecule has 3 aromatic rings. The Morgan fingerprint density at radius 3 is 2.66 bits per heavy atom. The number of amides is 2. The van der Waals surface area contributed by atoms with E-state index in [0.717, 1.165) is 27.9 Å². The summed E-state index contributed by atoms with van der Waals surface area (Å²) < 4.78 is 5.75. The lowest BCUT2D eigenvalue weighted by molar-refractivity contribution is -0.136. The molecule has 3 rings (SSSR count). The second-order valence-electron chi connectivity index (χ2n) is 6.73. The van der Waals surface area contributed by atoms with Gasteiger partial charge in [-0.2, -0.15) is 0 Å². The number of benzene rings is 2. The van der Waals surface area contributed by atoms with Crippen molar-refractivity contribution in [3.8, 4) is 5.75 Å². The predicted octanol–water partition coefficient (Wildman–Crippen LogP) is 3.45. The SMILES string of the molecule is O=C(O)CCc1cc2cc(OCCCNC(=O)NCc3ccccc3)ccc2[nH]1. The third-order valence-electron chi connectivity index (χ3n) is 4.43. The lowest BCUT2D eigenvalue weighted by Gasteiger charge is -2.09. The number of carboxylic acid groups (broad SMARTS) is 1. The molecule has 0 spiro atoms. The quantitative estimate of drug-likeness (QED) is 0.395. The number of aryl methyl sites for hydroxylation is 1. The molecule has 152 valence electrons. The van der Waals surface area contributed by atoms with E-state index in [1.807, 2.05) is 54.6 Å². The third kappa shape index (κ3) is 6.57. The van der Waals surface area contributed by atoms with Gasteiger partial charge in [-0.15, -0.1) is 0 Å². The second kappa shape index (κ2) is 10.2. The number of carbonyl (C=O) groups is 2. The van der Waals surface area contributed by atoms with Crippen LogP contribution >= 0.6 is 0 Å². The van der Waals surface area contributed by atoms with Gasteiger partial charge in [0.2, 0.25) is 0 Å². The van der Waals surface area contributed by atoms with Gasteiger partial charge in [-0.05, 0) is 42.7 Å². The lowest BCUT2D eigenvalue weighted by atomic mass is 10.2. The van der Waals surface area contributed by atoms with Crippen LogP contribution in [0.1, 0.15) is 24.1 Å². The summed E-state index contributed by atoms with van der Waals surface area (Å²) in [7, 11) is 0. The molecular weight excluding hydrogens is 370 g/mol. The van der Waals surface area contributed by atoms with Crippen LogP contribution in [0.5, 0.6) is 5.75 Å². The van der Waals surface area contributed by atoms with Crippen molar-refractivity contribution in [1.29, 1.82) is 0 Å². The molecule has 4 N–H and O–H groups in total. The van der Waals surface area contributed by atoms with Gasteiger partial charge < -0.3 is 25.5 Å². The molecule has 0 saturated heterocycles. The largest absolute Gasteiger partial charge is 0.494 e. The molecule has 7 heteroatoms. The van der Waals surface area contributed by atoms with Crippen LogP contribution in [-0.2, 0) is 17.8 Å². The van der Waals surface area contributed by atoms with Crippen molar-refractivity contribution < 1.29 is 19.4 Å². The molecule has 0 aliphatic rings. The molecule has 0 saturated carbocycles. The fourth-order valence-corrected chi connectivity index (χ4v) is 2.94. The molecule has 2 amide bonds. The maximum atomic E-state index is 11.8. The topological polar surface area (TPSA) is 103 Å². The van der Waals surface area contributed by atoms with Gasteiger partial charge in [0.25, 0.3) is 0 Å². The third-order valence-corrected chi connectivity index (χ3v) is 4.43. The highest BCUT2D eigenvalue weighted by Gasteiger charge is 2.05. The van der Waals surface area contributed by atoms with Crippen LogP contribution in [0.25, 0.3) is 10.9 Å². The van der Waals surface area contributed by atoms with Gasteiger partial charge in [0.05, 0.1) is 13.0 Å². The minimum atomic E-state index is -0.810. The van der Waals surface area contributed by atoms with Gasteiger partial charge in [0, 0.05) is 29.7 Å². The first-order chi connectivity index (χ1) is 14.1. The van der Waals surface area contributed by atoms with Gasteiger partial charge >= 0.3 is 12.0 Å². The van der Waals surface area contributed by atoms with Crippen LogP contribution in [0, 0.1) is 0 Å². The number of fused-ring (bicyclic) bond motifs is 1. The van der Waals surface area contributed by atoms with Crippen molar-refractivity contribution in [3.63, 3.8) is 0 Å². The number of aromatic nitrogens is 1. The lowest BCUT2D eigenvalue weighted by Crippen LogP contribution is -2.35. The molecule has 0 unspecified atom stereocenters. The Balaban J connectivity index is 1.36. The number of carbonyl (C=O) groups excluding carboxylic acids is 1. The van der Waals surface area contributed by atoms with Crippen molar-refractivity contribution in [2.75, 3.05) is 13.2 Å². The molecule has 1 heterocycles. The molecule has 0 atom stereocenters. The monoisotopic (exact) mass is 395 g/mol. The predicted molar refractivity (Wildman–Crippen MR) is 111 cm³/mol. The van der Waals surface area contributed by atoms with Crippen molar-refractivity contribution in [2.24, 2.45) is 0 Å². The van der Waals surface area contributed by atoms with Crippen molar-refractivity contribution in [1.82, 2.24) is 15.6 Å². The van der Waals surface area contributed by atoms with Crippen LogP contribution in [-0.4, -0.2) is 35.2 Å². The van der Waals surface area contributed by atoms with Crippen molar-refractivity contribution in [2.45, 2.75) is 25.8 Å². The molecule has 29 heavy (non-hydrogen) atoms. The minimum absolute atomic E-state index is 0.0993. The summed E-state index contributed by atoms with van der Waals surface area (Å²) in [5, 5.41) is 15.4. The molecular formula is C22H25N3O4. The van der Waals surface area contributed by atoms with E-state index in [1.54, 1.807) is 0 Å². The van der Waals surface area contributed by atoms with E-state index in [2.05, 4.69) is 15.6 Å². The van der Waals surface area contributed by atoms with E-state index < -0.39 is 5.97 Å².